The summed E-state index contributed by atoms with van der Waals surface area (Å²) in [4.78, 5) is 32.1. The van der Waals surface area contributed by atoms with E-state index in [1.54, 1.807) is 4.52 Å². The molecular weight excluding hydrogens is 374 g/mol. The van der Waals surface area contributed by atoms with Crippen molar-refractivity contribution in [2.45, 2.75) is 38.8 Å². The number of Topliss-reactive ketones (excluding diaryl/α,β-unsaturated/α-hetero) is 1. The van der Waals surface area contributed by atoms with Gasteiger partial charge < -0.3 is 5.32 Å². The first-order chi connectivity index (χ1) is 13.4. The van der Waals surface area contributed by atoms with Crippen molar-refractivity contribution in [2.75, 3.05) is 12.3 Å². The topological polar surface area (TPSA) is 89.2 Å². The van der Waals surface area contributed by atoms with Crippen LogP contribution in [0.15, 0.2) is 35.5 Å². The first-order valence-electron chi connectivity index (χ1n) is 9.13. The maximum Gasteiger partial charge on any atom is 0.253 e. The van der Waals surface area contributed by atoms with Crippen molar-refractivity contribution in [3.8, 4) is 0 Å². The minimum atomic E-state index is -0.0142. The van der Waals surface area contributed by atoms with Gasteiger partial charge in [0.1, 0.15) is 0 Å². The van der Waals surface area contributed by atoms with E-state index in [-0.39, 0.29) is 17.4 Å². The molecule has 0 aliphatic rings. The number of fused-ring (bicyclic) bond motifs is 1. The summed E-state index contributed by atoms with van der Waals surface area (Å²) in [5, 5.41) is 7.74. The van der Waals surface area contributed by atoms with Crippen LogP contribution < -0.4 is 5.32 Å². The summed E-state index contributed by atoms with van der Waals surface area (Å²) in [5.74, 6) is 0.849. The predicted molar refractivity (Wildman–Crippen MR) is 109 cm³/mol. The van der Waals surface area contributed by atoms with Crippen molar-refractivity contribution < 1.29 is 9.59 Å². The van der Waals surface area contributed by atoms with Gasteiger partial charge in [-0.05, 0) is 38.3 Å². The fourth-order valence-corrected chi connectivity index (χ4v) is 3.55. The maximum atomic E-state index is 12.5. The molecule has 2 aromatic heterocycles. The molecule has 28 heavy (non-hydrogen) atoms. The zero-order valence-electron chi connectivity index (χ0n) is 16.2. The lowest BCUT2D eigenvalue weighted by atomic mass is 10.1. The standard InChI is InChI=1S/C20H23N5O2S/c1-13-11-14(2)25-19(22-13)23-20(24-25)28-12-18(27)17-8-6-16(7-9-17)5-4-10-21-15(3)26/h6-9,11H,4-5,10,12H2,1-3H3,(H,21,26). The summed E-state index contributed by atoms with van der Waals surface area (Å²) in [6.07, 6.45) is 1.73. The van der Waals surface area contributed by atoms with Gasteiger partial charge in [0.2, 0.25) is 11.1 Å². The van der Waals surface area contributed by atoms with Crippen molar-refractivity contribution in [1.82, 2.24) is 24.9 Å². The zero-order chi connectivity index (χ0) is 20.1. The van der Waals surface area contributed by atoms with Gasteiger partial charge in [-0.25, -0.2) is 9.50 Å². The molecule has 0 saturated heterocycles. The molecule has 146 valence electrons. The SMILES string of the molecule is CC(=O)NCCCc1ccc(C(=O)CSc2nc3nc(C)cc(C)n3n2)cc1. The Bertz CT molecular complexity index is 998. The molecule has 0 fully saturated rings. The van der Waals surface area contributed by atoms with E-state index >= 15 is 0 Å². The molecule has 1 amide bonds. The van der Waals surface area contributed by atoms with Crippen LogP contribution in [0.1, 0.15) is 40.7 Å². The fraction of sp³-hybridized carbons (Fsp3) is 0.350. The number of hydrogen-bond acceptors (Lipinski definition) is 6. The number of carbonyl (C=O) groups excluding carboxylic acids is 2. The highest BCUT2D eigenvalue weighted by Gasteiger charge is 2.12. The Labute approximate surface area is 168 Å². The number of nitrogens with one attached hydrogen (secondary N) is 1. The van der Waals surface area contributed by atoms with Crippen LogP contribution in [0.2, 0.25) is 0 Å². The van der Waals surface area contributed by atoms with E-state index in [2.05, 4.69) is 20.4 Å². The van der Waals surface area contributed by atoms with Crippen LogP contribution in [-0.2, 0) is 11.2 Å². The molecule has 3 rings (SSSR count). The third kappa shape index (κ3) is 5.16. The molecule has 1 aromatic carbocycles. The average Bonchev–Trinajstić information content (AvgIpc) is 3.07. The predicted octanol–water partition coefficient (Wildman–Crippen LogP) is 2.78. The Morgan fingerprint density at radius 3 is 2.61 bits per heavy atom. The molecule has 3 aromatic rings. The van der Waals surface area contributed by atoms with E-state index in [0.29, 0.717) is 23.0 Å². The largest absolute Gasteiger partial charge is 0.356 e. The van der Waals surface area contributed by atoms with E-state index < -0.39 is 0 Å². The lowest BCUT2D eigenvalue weighted by Gasteiger charge is -2.04. The van der Waals surface area contributed by atoms with Gasteiger partial charge in [-0.3, -0.25) is 9.59 Å². The summed E-state index contributed by atoms with van der Waals surface area (Å²) in [6.45, 7) is 6.04. The third-order valence-electron chi connectivity index (χ3n) is 4.22. The van der Waals surface area contributed by atoms with Gasteiger partial charge in [-0.1, -0.05) is 36.0 Å². The van der Waals surface area contributed by atoms with Crippen LogP contribution in [0.5, 0.6) is 0 Å². The summed E-state index contributed by atoms with van der Waals surface area (Å²) in [5.41, 5.74) is 3.67. The Morgan fingerprint density at radius 2 is 1.89 bits per heavy atom. The first-order valence-corrected chi connectivity index (χ1v) is 10.1. The third-order valence-corrected chi connectivity index (χ3v) is 5.06. The van der Waals surface area contributed by atoms with Gasteiger partial charge in [-0.15, -0.1) is 5.10 Å². The Balaban J connectivity index is 1.55. The highest BCUT2D eigenvalue weighted by molar-refractivity contribution is 7.99. The molecule has 0 aliphatic carbocycles. The van der Waals surface area contributed by atoms with Crippen molar-refractivity contribution in [3.05, 3.63) is 52.8 Å². The van der Waals surface area contributed by atoms with Crippen LogP contribution in [0.25, 0.3) is 5.78 Å². The Morgan fingerprint density at radius 1 is 1.14 bits per heavy atom. The van der Waals surface area contributed by atoms with Crippen LogP contribution in [0.4, 0.5) is 0 Å². The molecule has 1 N–H and O–H groups in total. The Hall–Kier alpha value is -2.74. The fourth-order valence-electron chi connectivity index (χ4n) is 2.84. The highest BCUT2D eigenvalue weighted by Crippen LogP contribution is 2.17. The minimum Gasteiger partial charge on any atom is -0.356 e. The van der Waals surface area contributed by atoms with Crippen LogP contribution in [-0.4, -0.2) is 43.6 Å². The van der Waals surface area contributed by atoms with E-state index in [4.69, 9.17) is 0 Å². The number of amides is 1. The molecule has 0 saturated carbocycles. The van der Waals surface area contributed by atoms with Gasteiger partial charge in [0.15, 0.2) is 5.78 Å². The number of hydrogen-bond donors (Lipinski definition) is 1. The molecule has 0 aliphatic heterocycles. The normalized spacial score (nSPS) is 11.0. The van der Waals surface area contributed by atoms with Gasteiger partial charge >= 0.3 is 0 Å². The molecule has 2 heterocycles. The minimum absolute atomic E-state index is 0.0142. The summed E-state index contributed by atoms with van der Waals surface area (Å²) < 4.78 is 1.69. The smallest absolute Gasteiger partial charge is 0.253 e. The van der Waals surface area contributed by atoms with Gasteiger partial charge in [0.05, 0.1) is 5.75 Å². The van der Waals surface area contributed by atoms with Crippen LogP contribution in [0, 0.1) is 13.8 Å². The second-order valence-corrected chi connectivity index (χ2v) is 7.58. The van der Waals surface area contributed by atoms with Gasteiger partial charge in [-0.2, -0.15) is 4.98 Å². The second-order valence-electron chi connectivity index (χ2n) is 6.64. The van der Waals surface area contributed by atoms with Crippen molar-refractivity contribution in [1.29, 1.82) is 0 Å². The Kier molecular flexibility index (Phi) is 6.41. The first kappa shape index (κ1) is 20.0. The van der Waals surface area contributed by atoms with Crippen molar-refractivity contribution >= 4 is 29.2 Å². The number of rotatable bonds is 8. The lowest BCUT2D eigenvalue weighted by molar-refractivity contribution is -0.118. The van der Waals surface area contributed by atoms with E-state index in [0.717, 1.165) is 29.8 Å². The molecular formula is C20H23N5O2S. The van der Waals surface area contributed by atoms with Crippen molar-refractivity contribution in [3.63, 3.8) is 0 Å². The van der Waals surface area contributed by atoms with E-state index in [9.17, 15) is 9.59 Å². The number of aromatic nitrogens is 4. The molecule has 0 bridgehead atoms. The molecule has 7 nitrogen and oxygen atoms in total. The molecule has 0 atom stereocenters. The summed E-state index contributed by atoms with van der Waals surface area (Å²) in [7, 11) is 0. The van der Waals surface area contributed by atoms with Gasteiger partial charge in [0.25, 0.3) is 5.78 Å². The lowest BCUT2D eigenvalue weighted by Crippen LogP contribution is -2.21. The molecule has 0 spiro atoms. The monoisotopic (exact) mass is 397 g/mol. The zero-order valence-corrected chi connectivity index (χ0v) is 17.0. The average molecular weight is 398 g/mol. The number of carbonyl (C=O) groups is 2. The van der Waals surface area contributed by atoms with E-state index in [1.807, 2.05) is 44.2 Å². The number of ketones is 1. The van der Waals surface area contributed by atoms with E-state index in [1.165, 1.54) is 18.7 Å². The number of aryl methyl sites for hydroxylation is 3. The quantitative estimate of drug-likeness (QED) is 0.357. The molecule has 8 heteroatoms. The van der Waals surface area contributed by atoms with Crippen LogP contribution in [0.3, 0.4) is 0 Å². The number of thioether (sulfide) groups is 1. The molecule has 0 unspecified atom stereocenters. The van der Waals surface area contributed by atoms with Crippen LogP contribution >= 0.6 is 11.8 Å². The van der Waals surface area contributed by atoms with Gasteiger partial charge in [0, 0.05) is 30.4 Å². The number of nitrogens with zero attached hydrogens (tertiary/aromatic N) is 4. The molecule has 0 radical (unpaired) electrons. The number of benzene rings is 1. The maximum absolute atomic E-state index is 12.5. The highest BCUT2D eigenvalue weighted by atomic mass is 32.2. The summed E-state index contributed by atoms with van der Waals surface area (Å²) in [6, 6.07) is 9.57. The summed E-state index contributed by atoms with van der Waals surface area (Å²) >= 11 is 1.31. The second kappa shape index (κ2) is 8.97. The van der Waals surface area contributed by atoms with Crippen molar-refractivity contribution in [2.24, 2.45) is 0 Å².